The van der Waals surface area contributed by atoms with E-state index in [0.29, 0.717) is 6.42 Å². The van der Waals surface area contributed by atoms with E-state index >= 15 is 0 Å². The topological polar surface area (TPSA) is 20.2 Å². The molecule has 0 aliphatic carbocycles. The molecule has 0 aromatic heterocycles. The van der Waals surface area contributed by atoms with Crippen LogP contribution in [0.1, 0.15) is 54.9 Å². The summed E-state index contributed by atoms with van der Waals surface area (Å²) in [5, 5.41) is 9.44. The zero-order valence-corrected chi connectivity index (χ0v) is 13.6. The largest absolute Gasteiger partial charge is 0.390 e. The Kier molecular flexibility index (Phi) is 26.1. The SMILES string of the molecule is C=C.C=C(C)/C=C\C(=C)CC(C)(C)O.CC.CC. The summed E-state index contributed by atoms with van der Waals surface area (Å²) in [5.74, 6) is 0. The Morgan fingerprint density at radius 1 is 1.00 bits per heavy atom. The summed E-state index contributed by atoms with van der Waals surface area (Å²) in [6, 6.07) is 0. The molecular formula is C17H34O. The van der Waals surface area contributed by atoms with Crippen LogP contribution in [0.5, 0.6) is 0 Å². The molecule has 1 N–H and O–H groups in total. The average molecular weight is 254 g/mol. The Labute approximate surface area is 116 Å². The highest BCUT2D eigenvalue weighted by atomic mass is 16.3. The first-order valence-electron chi connectivity index (χ1n) is 6.55. The van der Waals surface area contributed by atoms with E-state index in [1.54, 1.807) is 13.8 Å². The number of hydrogen-bond acceptors (Lipinski definition) is 1. The van der Waals surface area contributed by atoms with Crippen LogP contribution in [0.4, 0.5) is 0 Å². The van der Waals surface area contributed by atoms with Gasteiger partial charge >= 0.3 is 0 Å². The summed E-state index contributed by atoms with van der Waals surface area (Å²) in [4.78, 5) is 0. The Bertz CT molecular complexity index is 216. The van der Waals surface area contributed by atoms with Gasteiger partial charge in [-0.15, -0.1) is 13.2 Å². The molecule has 18 heavy (non-hydrogen) atoms. The second kappa shape index (κ2) is 18.3. The second-order valence-corrected chi connectivity index (χ2v) is 3.83. The number of allylic oxidation sites excluding steroid dienone is 3. The quantitative estimate of drug-likeness (QED) is 0.504. The van der Waals surface area contributed by atoms with Crippen LogP contribution in [0.2, 0.25) is 0 Å². The molecule has 0 saturated heterocycles. The van der Waals surface area contributed by atoms with E-state index in [1.807, 2.05) is 46.8 Å². The van der Waals surface area contributed by atoms with Crippen molar-refractivity contribution in [2.45, 2.75) is 60.5 Å². The van der Waals surface area contributed by atoms with E-state index in [-0.39, 0.29) is 0 Å². The van der Waals surface area contributed by atoms with Gasteiger partial charge in [-0.2, -0.15) is 0 Å². The summed E-state index contributed by atoms with van der Waals surface area (Å²) >= 11 is 0. The predicted molar refractivity (Wildman–Crippen MR) is 88.0 cm³/mol. The molecular weight excluding hydrogens is 220 g/mol. The monoisotopic (exact) mass is 254 g/mol. The van der Waals surface area contributed by atoms with Crippen molar-refractivity contribution in [1.82, 2.24) is 0 Å². The summed E-state index contributed by atoms with van der Waals surface area (Å²) in [5.41, 5.74) is 1.24. The van der Waals surface area contributed by atoms with Gasteiger partial charge in [0, 0.05) is 6.42 Å². The third-order valence-electron chi connectivity index (χ3n) is 1.26. The van der Waals surface area contributed by atoms with Crippen molar-refractivity contribution < 1.29 is 5.11 Å². The number of hydrogen-bond donors (Lipinski definition) is 1. The molecule has 0 amide bonds. The van der Waals surface area contributed by atoms with Crippen molar-refractivity contribution in [3.05, 3.63) is 49.6 Å². The van der Waals surface area contributed by atoms with Gasteiger partial charge in [-0.3, -0.25) is 0 Å². The molecule has 0 rings (SSSR count). The van der Waals surface area contributed by atoms with Gasteiger partial charge in [0.1, 0.15) is 0 Å². The Morgan fingerprint density at radius 3 is 1.56 bits per heavy atom. The van der Waals surface area contributed by atoms with Crippen LogP contribution in [-0.2, 0) is 0 Å². The van der Waals surface area contributed by atoms with Crippen LogP contribution in [0, 0.1) is 0 Å². The fraction of sp³-hybridized carbons (Fsp3) is 0.529. The van der Waals surface area contributed by atoms with Gasteiger partial charge in [0.05, 0.1) is 5.60 Å². The van der Waals surface area contributed by atoms with Crippen LogP contribution in [0.25, 0.3) is 0 Å². The van der Waals surface area contributed by atoms with E-state index in [2.05, 4.69) is 26.3 Å². The van der Waals surface area contributed by atoms with E-state index in [0.717, 1.165) is 11.1 Å². The summed E-state index contributed by atoms with van der Waals surface area (Å²) < 4.78 is 0. The minimum atomic E-state index is -0.670. The molecule has 0 fully saturated rings. The molecule has 1 heteroatoms. The van der Waals surface area contributed by atoms with E-state index in [4.69, 9.17) is 0 Å². The predicted octanol–water partition coefficient (Wildman–Crippen LogP) is 5.69. The first-order valence-corrected chi connectivity index (χ1v) is 6.55. The maximum Gasteiger partial charge on any atom is 0.0631 e. The molecule has 0 aromatic rings. The van der Waals surface area contributed by atoms with Crippen molar-refractivity contribution in [2.75, 3.05) is 0 Å². The number of aliphatic hydroxyl groups is 1. The maximum atomic E-state index is 9.44. The minimum absolute atomic E-state index is 0.594. The second-order valence-electron chi connectivity index (χ2n) is 3.83. The van der Waals surface area contributed by atoms with Crippen molar-refractivity contribution in [1.29, 1.82) is 0 Å². The van der Waals surface area contributed by atoms with Crippen LogP contribution in [-0.4, -0.2) is 10.7 Å². The zero-order valence-electron chi connectivity index (χ0n) is 13.6. The lowest BCUT2D eigenvalue weighted by Gasteiger charge is -2.16. The maximum absolute atomic E-state index is 9.44. The standard InChI is InChI=1S/C11H18O.2C2H6.C2H4/c1-9(2)6-7-10(3)8-11(4,5)12;3*1-2/h6-7,12H,1,3,8H2,2,4-5H3;2*1-2H3;1-2H2/b7-6-;;;. The molecule has 0 spiro atoms. The molecule has 0 bridgehead atoms. The van der Waals surface area contributed by atoms with Crippen molar-refractivity contribution in [3.63, 3.8) is 0 Å². The lowest BCUT2D eigenvalue weighted by Crippen LogP contribution is -2.18. The normalized spacial score (nSPS) is 8.89. The first kappa shape index (κ1) is 25.7. The van der Waals surface area contributed by atoms with Crippen molar-refractivity contribution >= 4 is 0 Å². The van der Waals surface area contributed by atoms with E-state index in [9.17, 15) is 5.11 Å². The number of rotatable bonds is 4. The van der Waals surface area contributed by atoms with Crippen LogP contribution in [0.3, 0.4) is 0 Å². The Balaban J connectivity index is -0.000000141. The van der Waals surface area contributed by atoms with Crippen molar-refractivity contribution in [3.8, 4) is 0 Å². The fourth-order valence-corrected chi connectivity index (χ4v) is 0.875. The van der Waals surface area contributed by atoms with E-state index in [1.165, 1.54) is 0 Å². The Morgan fingerprint density at radius 2 is 1.33 bits per heavy atom. The van der Waals surface area contributed by atoms with Gasteiger partial charge in [-0.1, -0.05) is 64.2 Å². The highest BCUT2D eigenvalue weighted by Crippen LogP contribution is 2.14. The highest BCUT2D eigenvalue weighted by Gasteiger charge is 2.12. The molecule has 108 valence electrons. The fourth-order valence-electron chi connectivity index (χ4n) is 0.875. The van der Waals surface area contributed by atoms with Gasteiger partial charge in [0.25, 0.3) is 0 Å². The molecule has 0 aromatic carbocycles. The lowest BCUT2D eigenvalue weighted by atomic mass is 9.99. The van der Waals surface area contributed by atoms with Crippen LogP contribution >= 0.6 is 0 Å². The average Bonchev–Trinajstić information content (AvgIpc) is 2.32. The van der Waals surface area contributed by atoms with Gasteiger partial charge in [-0.25, -0.2) is 0 Å². The molecule has 0 saturated carbocycles. The zero-order chi connectivity index (χ0) is 15.8. The van der Waals surface area contributed by atoms with Gasteiger partial charge in [-0.05, 0) is 20.8 Å². The minimum Gasteiger partial charge on any atom is -0.390 e. The van der Waals surface area contributed by atoms with Crippen LogP contribution < -0.4 is 0 Å². The van der Waals surface area contributed by atoms with Crippen molar-refractivity contribution in [2.24, 2.45) is 0 Å². The molecule has 1 nitrogen and oxygen atoms in total. The third-order valence-corrected chi connectivity index (χ3v) is 1.26. The molecule has 0 radical (unpaired) electrons. The third kappa shape index (κ3) is 36.3. The first-order chi connectivity index (χ1) is 8.31. The molecule has 0 unspecified atom stereocenters. The Hall–Kier alpha value is -1.08. The summed E-state index contributed by atoms with van der Waals surface area (Å²) in [7, 11) is 0. The lowest BCUT2D eigenvalue weighted by molar-refractivity contribution is 0.0819. The molecule has 0 heterocycles. The molecule has 0 aliphatic heterocycles. The van der Waals surface area contributed by atoms with Crippen LogP contribution in [0.15, 0.2) is 49.6 Å². The summed E-state index contributed by atoms with van der Waals surface area (Å²) in [6.45, 7) is 27.0. The van der Waals surface area contributed by atoms with Gasteiger partial charge < -0.3 is 5.11 Å². The van der Waals surface area contributed by atoms with E-state index < -0.39 is 5.60 Å². The summed E-state index contributed by atoms with van der Waals surface area (Å²) in [6.07, 6.45) is 4.38. The highest BCUT2D eigenvalue weighted by molar-refractivity contribution is 5.23. The van der Waals surface area contributed by atoms with Gasteiger partial charge in [0.15, 0.2) is 0 Å². The molecule has 0 aliphatic rings. The molecule has 0 atom stereocenters. The smallest absolute Gasteiger partial charge is 0.0631 e. The van der Waals surface area contributed by atoms with Gasteiger partial charge in [0.2, 0.25) is 0 Å².